The Morgan fingerprint density at radius 2 is 2.31 bits per heavy atom. The lowest BCUT2D eigenvalue weighted by Gasteiger charge is -2.05. The third-order valence-electron chi connectivity index (χ3n) is 1.91. The monoisotopic (exact) mass is 184 g/mol. The summed E-state index contributed by atoms with van der Waals surface area (Å²) in [6.07, 6.45) is 8.76. The molecule has 0 saturated heterocycles. The summed E-state index contributed by atoms with van der Waals surface area (Å²) in [6, 6.07) is 0. The average molecular weight is 184 g/mol. The lowest BCUT2D eigenvalue weighted by atomic mass is 10.0. The first-order valence-electron chi connectivity index (χ1n) is 5.02. The molecule has 1 rings (SSSR count). The van der Waals surface area contributed by atoms with E-state index in [1.807, 2.05) is 6.92 Å². The number of ether oxygens (including phenoxy) is 1. The molecule has 1 aliphatic carbocycles. The van der Waals surface area contributed by atoms with Gasteiger partial charge < -0.3 is 4.74 Å². The number of allylic oxidation sites excluding steroid dienone is 2. The van der Waals surface area contributed by atoms with Gasteiger partial charge in [-0.2, -0.15) is 0 Å². The summed E-state index contributed by atoms with van der Waals surface area (Å²) in [5.74, 6) is 0. The second kappa shape index (κ2) is 9.30. The van der Waals surface area contributed by atoms with E-state index in [-0.39, 0.29) is 0 Å². The van der Waals surface area contributed by atoms with Crippen molar-refractivity contribution >= 4 is 6.47 Å². The number of hydrogen-bond acceptors (Lipinski definition) is 2. The first kappa shape index (κ1) is 12.2. The standard InChI is InChI=1S/C7H12.C4H8O2/c1-7-5-3-2-4-6-7;1-2-3-6-4-5/h5H,2-4,6H2,1H3;4H,2-3H2,1H3. The van der Waals surface area contributed by atoms with Crippen LogP contribution in [0.15, 0.2) is 11.6 Å². The van der Waals surface area contributed by atoms with Gasteiger partial charge in [0, 0.05) is 0 Å². The van der Waals surface area contributed by atoms with Crippen LogP contribution >= 0.6 is 0 Å². The van der Waals surface area contributed by atoms with E-state index in [9.17, 15) is 4.79 Å². The third kappa shape index (κ3) is 9.12. The minimum Gasteiger partial charge on any atom is -0.468 e. The third-order valence-corrected chi connectivity index (χ3v) is 1.91. The topological polar surface area (TPSA) is 26.3 Å². The molecule has 0 aliphatic heterocycles. The van der Waals surface area contributed by atoms with Gasteiger partial charge in [0.05, 0.1) is 6.61 Å². The zero-order chi connectivity index (χ0) is 9.94. The molecule has 0 fully saturated rings. The first-order valence-corrected chi connectivity index (χ1v) is 5.02. The Morgan fingerprint density at radius 1 is 1.54 bits per heavy atom. The summed E-state index contributed by atoms with van der Waals surface area (Å²) in [7, 11) is 0. The summed E-state index contributed by atoms with van der Waals surface area (Å²) in [5, 5.41) is 0. The Kier molecular flexibility index (Phi) is 8.73. The lowest BCUT2D eigenvalue weighted by Crippen LogP contribution is -1.86. The Balaban J connectivity index is 0.000000226. The summed E-state index contributed by atoms with van der Waals surface area (Å²) in [5.41, 5.74) is 1.59. The molecule has 0 aromatic rings. The fourth-order valence-corrected chi connectivity index (χ4v) is 1.16. The Labute approximate surface area is 81.0 Å². The van der Waals surface area contributed by atoms with Gasteiger partial charge >= 0.3 is 0 Å². The van der Waals surface area contributed by atoms with Gasteiger partial charge in [0.25, 0.3) is 6.47 Å². The molecule has 1 aliphatic rings. The van der Waals surface area contributed by atoms with Gasteiger partial charge in [-0.05, 0) is 39.0 Å². The zero-order valence-corrected chi connectivity index (χ0v) is 8.71. The molecule has 76 valence electrons. The van der Waals surface area contributed by atoms with Crippen LogP contribution in [0.25, 0.3) is 0 Å². The smallest absolute Gasteiger partial charge is 0.293 e. The number of carbonyl (C=O) groups is 1. The quantitative estimate of drug-likeness (QED) is 0.383. The van der Waals surface area contributed by atoms with Crippen molar-refractivity contribution < 1.29 is 9.53 Å². The first-order chi connectivity index (χ1) is 6.31. The Bertz CT molecular complexity index is 150. The predicted molar refractivity (Wildman–Crippen MR) is 54.5 cm³/mol. The van der Waals surface area contributed by atoms with E-state index in [0.29, 0.717) is 13.1 Å². The van der Waals surface area contributed by atoms with Crippen LogP contribution in [0.3, 0.4) is 0 Å². The van der Waals surface area contributed by atoms with E-state index in [1.54, 1.807) is 5.57 Å². The molecule has 0 amide bonds. The highest BCUT2D eigenvalue weighted by Crippen LogP contribution is 2.15. The van der Waals surface area contributed by atoms with Crippen molar-refractivity contribution in [1.82, 2.24) is 0 Å². The second-order valence-electron chi connectivity index (χ2n) is 3.26. The van der Waals surface area contributed by atoms with Crippen molar-refractivity contribution in [3.8, 4) is 0 Å². The molecule has 0 aromatic carbocycles. The second-order valence-corrected chi connectivity index (χ2v) is 3.26. The molecule has 0 atom stereocenters. The number of hydrogen-bond donors (Lipinski definition) is 0. The zero-order valence-electron chi connectivity index (χ0n) is 8.71. The maximum atomic E-state index is 9.34. The molecule has 2 heteroatoms. The highest BCUT2D eigenvalue weighted by Gasteiger charge is 1.95. The number of carbonyl (C=O) groups excluding carboxylic acids is 1. The number of rotatable bonds is 3. The maximum Gasteiger partial charge on any atom is 0.293 e. The predicted octanol–water partition coefficient (Wildman–Crippen LogP) is 3.08. The minimum atomic E-state index is 0.462. The van der Waals surface area contributed by atoms with E-state index >= 15 is 0 Å². The highest BCUT2D eigenvalue weighted by atomic mass is 16.5. The summed E-state index contributed by atoms with van der Waals surface area (Å²) in [6.45, 7) is 5.18. The Hall–Kier alpha value is -0.790. The fourth-order valence-electron chi connectivity index (χ4n) is 1.16. The van der Waals surface area contributed by atoms with Crippen molar-refractivity contribution in [3.05, 3.63) is 11.6 Å². The van der Waals surface area contributed by atoms with Crippen LogP contribution in [-0.4, -0.2) is 13.1 Å². The van der Waals surface area contributed by atoms with E-state index in [0.717, 1.165) is 6.42 Å². The molecule has 0 aromatic heterocycles. The van der Waals surface area contributed by atoms with Crippen molar-refractivity contribution in [2.45, 2.75) is 46.0 Å². The summed E-state index contributed by atoms with van der Waals surface area (Å²) < 4.78 is 4.30. The van der Waals surface area contributed by atoms with Gasteiger partial charge in [0.1, 0.15) is 0 Å². The molecule has 0 bridgehead atoms. The van der Waals surface area contributed by atoms with Crippen LogP contribution in [0.1, 0.15) is 46.0 Å². The van der Waals surface area contributed by atoms with E-state index in [4.69, 9.17) is 0 Å². The molecule has 13 heavy (non-hydrogen) atoms. The van der Waals surface area contributed by atoms with Gasteiger partial charge in [-0.1, -0.05) is 18.6 Å². The van der Waals surface area contributed by atoms with Crippen LogP contribution in [-0.2, 0) is 9.53 Å². The molecule has 0 unspecified atom stereocenters. The van der Waals surface area contributed by atoms with Crippen molar-refractivity contribution in [2.24, 2.45) is 0 Å². The van der Waals surface area contributed by atoms with Gasteiger partial charge in [-0.3, -0.25) is 4.79 Å². The van der Waals surface area contributed by atoms with Gasteiger partial charge in [-0.25, -0.2) is 0 Å². The Morgan fingerprint density at radius 3 is 2.54 bits per heavy atom. The SMILES string of the molecule is CC1=CCCCC1.CCCOC=O. The van der Waals surface area contributed by atoms with Gasteiger partial charge in [0.15, 0.2) is 0 Å². The molecule has 0 saturated carbocycles. The molecule has 0 heterocycles. The molecular formula is C11H20O2. The van der Waals surface area contributed by atoms with Crippen molar-refractivity contribution in [3.63, 3.8) is 0 Å². The molecule has 0 spiro atoms. The van der Waals surface area contributed by atoms with Crippen molar-refractivity contribution in [1.29, 1.82) is 0 Å². The summed E-state index contributed by atoms with van der Waals surface area (Å²) >= 11 is 0. The fraction of sp³-hybridized carbons (Fsp3) is 0.727. The summed E-state index contributed by atoms with van der Waals surface area (Å²) in [4.78, 5) is 9.34. The van der Waals surface area contributed by atoms with Gasteiger partial charge in [-0.15, -0.1) is 0 Å². The minimum absolute atomic E-state index is 0.462. The van der Waals surface area contributed by atoms with E-state index in [1.165, 1.54) is 25.7 Å². The van der Waals surface area contributed by atoms with Crippen molar-refractivity contribution in [2.75, 3.05) is 6.61 Å². The van der Waals surface area contributed by atoms with Crippen LogP contribution in [0.2, 0.25) is 0 Å². The normalized spacial score (nSPS) is 15.1. The van der Waals surface area contributed by atoms with Crippen LogP contribution in [0, 0.1) is 0 Å². The molecular weight excluding hydrogens is 164 g/mol. The maximum absolute atomic E-state index is 9.34. The van der Waals surface area contributed by atoms with Crippen LogP contribution < -0.4 is 0 Å². The molecule has 0 radical (unpaired) electrons. The highest BCUT2D eigenvalue weighted by molar-refractivity contribution is 5.36. The lowest BCUT2D eigenvalue weighted by molar-refractivity contribution is -0.128. The average Bonchev–Trinajstić information content (AvgIpc) is 2.17. The van der Waals surface area contributed by atoms with E-state index in [2.05, 4.69) is 17.7 Å². The van der Waals surface area contributed by atoms with Crippen LogP contribution in [0.5, 0.6) is 0 Å². The molecule has 0 N–H and O–H groups in total. The van der Waals surface area contributed by atoms with E-state index < -0.39 is 0 Å². The van der Waals surface area contributed by atoms with Gasteiger partial charge in [0.2, 0.25) is 0 Å². The largest absolute Gasteiger partial charge is 0.468 e. The molecule has 2 nitrogen and oxygen atoms in total. The van der Waals surface area contributed by atoms with Crippen LogP contribution in [0.4, 0.5) is 0 Å².